The molecular weight excluding hydrogens is 329 g/mol. The molecule has 6 heteroatoms. The number of hydrogen-bond donors (Lipinski definition) is 1. The van der Waals surface area contributed by atoms with E-state index in [2.05, 4.69) is 32.6 Å². The Morgan fingerprint density at radius 3 is 2.69 bits per heavy atom. The summed E-state index contributed by atoms with van der Waals surface area (Å²) in [7, 11) is 0. The van der Waals surface area contributed by atoms with Crippen LogP contribution in [0.5, 0.6) is 0 Å². The van der Waals surface area contributed by atoms with Crippen LogP contribution in [-0.2, 0) is 6.54 Å². The molecule has 26 heavy (non-hydrogen) atoms. The Hall–Kier alpha value is -3.28. The summed E-state index contributed by atoms with van der Waals surface area (Å²) in [5, 5.41) is 12.9. The number of anilines is 1. The van der Waals surface area contributed by atoms with Gasteiger partial charge in [0.1, 0.15) is 11.5 Å². The monoisotopic (exact) mass is 347 g/mol. The second-order valence-corrected chi connectivity index (χ2v) is 6.21. The molecule has 0 unspecified atom stereocenters. The van der Waals surface area contributed by atoms with Crippen molar-refractivity contribution in [3.8, 4) is 5.95 Å². The molecule has 0 amide bonds. The van der Waals surface area contributed by atoms with Gasteiger partial charge in [-0.2, -0.15) is 4.98 Å². The zero-order valence-corrected chi connectivity index (χ0v) is 14.6. The van der Waals surface area contributed by atoms with E-state index in [1.165, 1.54) is 12.1 Å². The van der Waals surface area contributed by atoms with Gasteiger partial charge in [-0.15, -0.1) is 10.2 Å². The smallest absolute Gasteiger partial charge is 0.256 e. The van der Waals surface area contributed by atoms with Gasteiger partial charge >= 0.3 is 0 Å². The third kappa shape index (κ3) is 3.01. The minimum atomic E-state index is -0.253. The number of halogens is 1. The van der Waals surface area contributed by atoms with Crippen LogP contribution in [-0.4, -0.2) is 19.7 Å². The number of nitrogens with one attached hydrogen (secondary N) is 1. The first-order chi connectivity index (χ1) is 12.6. The summed E-state index contributed by atoms with van der Waals surface area (Å²) in [4.78, 5) is 4.65. The molecule has 0 bridgehead atoms. The molecule has 4 aromatic rings. The number of hydrogen-bond acceptors (Lipinski definition) is 4. The molecule has 2 aromatic carbocycles. The Labute approximate surface area is 150 Å². The van der Waals surface area contributed by atoms with Gasteiger partial charge in [0.2, 0.25) is 0 Å². The third-order valence-corrected chi connectivity index (χ3v) is 4.29. The Balaban J connectivity index is 1.69. The summed E-state index contributed by atoms with van der Waals surface area (Å²) in [5.74, 6) is 0.893. The molecule has 2 aromatic heterocycles. The molecule has 1 N–H and O–H groups in total. The lowest BCUT2D eigenvalue weighted by Gasteiger charge is -2.11. The predicted octanol–water partition coefficient (Wildman–Crippen LogP) is 4.18. The first-order valence-electron chi connectivity index (χ1n) is 8.39. The van der Waals surface area contributed by atoms with E-state index in [4.69, 9.17) is 0 Å². The third-order valence-electron chi connectivity index (χ3n) is 4.29. The Morgan fingerprint density at radius 2 is 1.85 bits per heavy atom. The van der Waals surface area contributed by atoms with Gasteiger partial charge in [0.15, 0.2) is 5.82 Å². The maximum atomic E-state index is 13.3. The highest BCUT2D eigenvalue weighted by molar-refractivity contribution is 5.82. The first kappa shape index (κ1) is 16.2. The fourth-order valence-corrected chi connectivity index (χ4v) is 3.02. The predicted molar refractivity (Wildman–Crippen MR) is 99.9 cm³/mol. The number of aromatic nitrogens is 4. The topological polar surface area (TPSA) is 55.6 Å². The molecule has 0 aliphatic rings. The molecule has 0 spiro atoms. The van der Waals surface area contributed by atoms with Gasteiger partial charge in [0.25, 0.3) is 5.95 Å². The minimum absolute atomic E-state index is 0.253. The van der Waals surface area contributed by atoms with E-state index in [1.807, 2.05) is 42.7 Å². The van der Waals surface area contributed by atoms with E-state index in [1.54, 1.807) is 6.07 Å². The minimum Gasteiger partial charge on any atom is -0.364 e. The molecule has 5 nitrogen and oxygen atoms in total. The molecule has 0 saturated heterocycles. The van der Waals surface area contributed by atoms with Gasteiger partial charge in [0, 0.05) is 17.6 Å². The molecule has 0 fully saturated rings. The standard InChI is InChI=1S/C20H18FN5/c1-13-10-16-7-3-4-9-18(16)26(13)20-23-19(14(2)24-25-20)22-12-15-6-5-8-17(21)11-15/h3-11H,12H2,1-2H3,(H,22,23,25). The fourth-order valence-electron chi connectivity index (χ4n) is 3.02. The lowest BCUT2D eigenvalue weighted by Crippen LogP contribution is -2.11. The Kier molecular flexibility index (Phi) is 4.08. The summed E-state index contributed by atoms with van der Waals surface area (Å²) < 4.78 is 15.3. The van der Waals surface area contributed by atoms with Crippen molar-refractivity contribution in [3.05, 3.63) is 77.4 Å². The Bertz CT molecular complexity index is 1090. The van der Waals surface area contributed by atoms with Crippen LogP contribution in [0.1, 0.15) is 17.0 Å². The van der Waals surface area contributed by atoms with E-state index in [9.17, 15) is 4.39 Å². The van der Waals surface area contributed by atoms with Crippen LogP contribution in [0, 0.1) is 19.7 Å². The maximum Gasteiger partial charge on any atom is 0.256 e. The SMILES string of the molecule is Cc1nnc(-n2c(C)cc3ccccc32)nc1NCc1cccc(F)c1. The van der Waals surface area contributed by atoms with Crippen LogP contribution in [0.4, 0.5) is 10.2 Å². The number of fused-ring (bicyclic) bond motifs is 1. The second kappa shape index (κ2) is 6.55. The van der Waals surface area contributed by atoms with Crippen LogP contribution in [0.3, 0.4) is 0 Å². The number of benzene rings is 2. The van der Waals surface area contributed by atoms with Gasteiger partial charge in [-0.1, -0.05) is 30.3 Å². The summed E-state index contributed by atoms with van der Waals surface area (Å²) in [5.41, 5.74) is 3.60. The van der Waals surface area contributed by atoms with Crippen LogP contribution in [0.2, 0.25) is 0 Å². The Morgan fingerprint density at radius 1 is 1.00 bits per heavy atom. The van der Waals surface area contributed by atoms with Crippen molar-refractivity contribution in [2.45, 2.75) is 20.4 Å². The number of nitrogens with zero attached hydrogens (tertiary/aromatic N) is 4. The molecule has 0 radical (unpaired) electrons. The quantitative estimate of drug-likeness (QED) is 0.602. The van der Waals surface area contributed by atoms with Gasteiger partial charge < -0.3 is 5.32 Å². The van der Waals surface area contributed by atoms with Gasteiger partial charge in [-0.05, 0) is 43.7 Å². The lowest BCUT2D eigenvalue weighted by molar-refractivity contribution is 0.626. The normalized spacial score (nSPS) is 11.0. The highest BCUT2D eigenvalue weighted by atomic mass is 19.1. The van der Waals surface area contributed by atoms with Gasteiger partial charge in [-0.25, -0.2) is 4.39 Å². The zero-order chi connectivity index (χ0) is 18.1. The number of para-hydroxylation sites is 1. The van der Waals surface area contributed by atoms with Crippen LogP contribution in [0.25, 0.3) is 16.9 Å². The van der Waals surface area contributed by atoms with Crippen molar-refractivity contribution in [3.63, 3.8) is 0 Å². The molecule has 2 heterocycles. The van der Waals surface area contributed by atoms with E-state index in [-0.39, 0.29) is 5.82 Å². The highest BCUT2D eigenvalue weighted by Gasteiger charge is 2.12. The molecule has 0 aliphatic heterocycles. The average Bonchev–Trinajstić information content (AvgIpc) is 2.97. The van der Waals surface area contributed by atoms with Gasteiger partial charge in [0.05, 0.1) is 5.52 Å². The molecular formula is C20H18FN5. The maximum absolute atomic E-state index is 13.3. The van der Waals surface area contributed by atoms with Crippen molar-refractivity contribution in [2.24, 2.45) is 0 Å². The largest absolute Gasteiger partial charge is 0.364 e. The van der Waals surface area contributed by atoms with E-state index in [0.29, 0.717) is 24.0 Å². The van der Waals surface area contributed by atoms with Crippen molar-refractivity contribution >= 4 is 16.7 Å². The summed E-state index contributed by atoms with van der Waals surface area (Å²) in [6.07, 6.45) is 0. The number of rotatable bonds is 4. The lowest BCUT2D eigenvalue weighted by atomic mass is 10.2. The second-order valence-electron chi connectivity index (χ2n) is 6.21. The summed E-state index contributed by atoms with van der Waals surface area (Å²) in [6, 6.07) is 16.7. The molecule has 0 atom stereocenters. The average molecular weight is 347 g/mol. The summed E-state index contributed by atoms with van der Waals surface area (Å²) >= 11 is 0. The van der Waals surface area contributed by atoms with Crippen molar-refractivity contribution < 1.29 is 4.39 Å². The first-order valence-corrected chi connectivity index (χ1v) is 8.39. The van der Waals surface area contributed by atoms with Crippen molar-refractivity contribution in [2.75, 3.05) is 5.32 Å². The molecule has 4 rings (SSSR count). The fraction of sp³-hybridized carbons (Fsp3) is 0.150. The van der Waals surface area contributed by atoms with Crippen LogP contribution in [0.15, 0.2) is 54.6 Å². The van der Waals surface area contributed by atoms with Gasteiger partial charge in [-0.3, -0.25) is 4.57 Å². The zero-order valence-electron chi connectivity index (χ0n) is 14.6. The van der Waals surface area contributed by atoms with E-state index in [0.717, 1.165) is 22.2 Å². The number of aryl methyl sites for hydroxylation is 2. The summed E-state index contributed by atoms with van der Waals surface area (Å²) in [6.45, 7) is 4.32. The van der Waals surface area contributed by atoms with Crippen LogP contribution >= 0.6 is 0 Å². The molecule has 0 aliphatic carbocycles. The van der Waals surface area contributed by atoms with E-state index < -0.39 is 0 Å². The highest BCUT2D eigenvalue weighted by Crippen LogP contribution is 2.23. The van der Waals surface area contributed by atoms with E-state index >= 15 is 0 Å². The van der Waals surface area contributed by atoms with Crippen molar-refractivity contribution in [1.82, 2.24) is 19.7 Å². The molecule has 130 valence electrons. The van der Waals surface area contributed by atoms with Crippen LogP contribution < -0.4 is 5.32 Å². The molecule has 0 saturated carbocycles. The van der Waals surface area contributed by atoms with Crippen molar-refractivity contribution in [1.29, 1.82) is 0 Å².